The number of rotatable bonds is 6. The highest BCUT2D eigenvalue weighted by molar-refractivity contribution is 7.91. The number of thiophene rings is 1. The molecule has 25 heavy (non-hydrogen) atoms. The van der Waals surface area contributed by atoms with E-state index < -0.39 is 16.0 Å². The standard InChI is InChI=1S/C14H18N4O5S2/c1-8-16-11(17-23-8)4-6-18(2)25(21,22)14-12(13(19)20)9-3-5-15-7-10(9)24-14/h15H,3-7H2,1-2H3,(H,19,20). The van der Waals surface area contributed by atoms with Crippen LogP contribution in [0.25, 0.3) is 0 Å². The second-order valence-electron chi connectivity index (χ2n) is 5.70. The van der Waals surface area contributed by atoms with Crippen LogP contribution in [0.2, 0.25) is 0 Å². The fourth-order valence-electron chi connectivity index (χ4n) is 2.67. The van der Waals surface area contributed by atoms with Gasteiger partial charge in [-0.15, -0.1) is 11.3 Å². The number of nitrogens with one attached hydrogen (secondary N) is 1. The van der Waals surface area contributed by atoms with Gasteiger partial charge in [-0.05, 0) is 18.5 Å². The van der Waals surface area contributed by atoms with E-state index in [0.29, 0.717) is 36.8 Å². The molecule has 2 aromatic heterocycles. The molecule has 0 spiro atoms. The summed E-state index contributed by atoms with van der Waals surface area (Å²) >= 11 is 1.03. The summed E-state index contributed by atoms with van der Waals surface area (Å²) in [5.41, 5.74) is 0.528. The molecular formula is C14H18N4O5S2. The molecule has 0 aromatic carbocycles. The summed E-state index contributed by atoms with van der Waals surface area (Å²) < 4.78 is 31.7. The van der Waals surface area contributed by atoms with Crippen LogP contribution in [-0.4, -0.2) is 54.1 Å². The van der Waals surface area contributed by atoms with Crippen molar-refractivity contribution in [1.82, 2.24) is 19.8 Å². The average molecular weight is 386 g/mol. The molecule has 1 aliphatic rings. The van der Waals surface area contributed by atoms with Crippen LogP contribution >= 0.6 is 11.3 Å². The maximum absolute atomic E-state index is 12.9. The third-order valence-corrected chi connectivity index (χ3v) is 7.56. The Bertz CT molecular complexity index is 902. The zero-order chi connectivity index (χ0) is 18.2. The SMILES string of the molecule is Cc1nc(CCN(C)S(=O)(=O)c2sc3c(c2C(=O)O)CCNC3)no1. The minimum atomic E-state index is -3.92. The van der Waals surface area contributed by atoms with Crippen molar-refractivity contribution in [2.24, 2.45) is 0 Å². The Hall–Kier alpha value is -1.82. The van der Waals surface area contributed by atoms with Crippen molar-refractivity contribution in [2.45, 2.75) is 30.5 Å². The molecule has 3 rings (SSSR count). The molecule has 3 heterocycles. The average Bonchev–Trinajstić information content (AvgIpc) is 3.16. The van der Waals surface area contributed by atoms with Gasteiger partial charge in [0.05, 0.1) is 5.56 Å². The van der Waals surface area contributed by atoms with Crippen LogP contribution in [0.15, 0.2) is 8.73 Å². The zero-order valence-electron chi connectivity index (χ0n) is 13.8. The summed E-state index contributed by atoms with van der Waals surface area (Å²) in [6, 6.07) is 0. The van der Waals surface area contributed by atoms with Crippen LogP contribution in [0.1, 0.15) is 32.5 Å². The van der Waals surface area contributed by atoms with Crippen LogP contribution in [0.3, 0.4) is 0 Å². The van der Waals surface area contributed by atoms with Gasteiger partial charge in [-0.3, -0.25) is 0 Å². The second kappa shape index (κ2) is 6.83. The van der Waals surface area contributed by atoms with Gasteiger partial charge < -0.3 is 14.9 Å². The summed E-state index contributed by atoms with van der Waals surface area (Å²) in [5.74, 6) is -0.389. The number of carbonyl (C=O) groups is 1. The van der Waals surface area contributed by atoms with Gasteiger partial charge in [0.25, 0.3) is 10.0 Å². The molecule has 0 bridgehead atoms. The van der Waals surface area contributed by atoms with E-state index in [4.69, 9.17) is 4.52 Å². The van der Waals surface area contributed by atoms with Crippen molar-refractivity contribution in [3.05, 3.63) is 27.7 Å². The summed E-state index contributed by atoms with van der Waals surface area (Å²) in [5, 5.41) is 16.4. The number of carboxylic acid groups (broad SMARTS) is 1. The molecule has 0 atom stereocenters. The number of nitrogens with zero attached hydrogens (tertiary/aromatic N) is 3. The van der Waals surface area contributed by atoms with E-state index in [0.717, 1.165) is 20.5 Å². The van der Waals surface area contributed by atoms with Crippen LogP contribution in [-0.2, 0) is 29.4 Å². The molecular weight excluding hydrogens is 368 g/mol. The first-order valence-electron chi connectivity index (χ1n) is 7.64. The highest BCUT2D eigenvalue weighted by Gasteiger charge is 2.34. The Balaban J connectivity index is 1.88. The van der Waals surface area contributed by atoms with Crippen molar-refractivity contribution >= 4 is 27.3 Å². The van der Waals surface area contributed by atoms with Gasteiger partial charge in [-0.1, -0.05) is 5.16 Å². The van der Waals surface area contributed by atoms with Crippen molar-refractivity contribution in [2.75, 3.05) is 20.1 Å². The summed E-state index contributed by atoms with van der Waals surface area (Å²) in [4.78, 5) is 16.5. The Morgan fingerprint density at radius 2 is 2.24 bits per heavy atom. The van der Waals surface area contributed by atoms with E-state index in [2.05, 4.69) is 15.5 Å². The highest BCUT2D eigenvalue weighted by atomic mass is 32.2. The van der Waals surface area contributed by atoms with Gasteiger partial charge in [0.1, 0.15) is 4.21 Å². The first-order chi connectivity index (χ1) is 11.8. The fourth-order valence-corrected chi connectivity index (χ4v) is 5.90. The normalized spacial score (nSPS) is 14.7. The van der Waals surface area contributed by atoms with Crippen LogP contribution in [0.4, 0.5) is 0 Å². The zero-order valence-corrected chi connectivity index (χ0v) is 15.4. The lowest BCUT2D eigenvalue weighted by atomic mass is 10.1. The lowest BCUT2D eigenvalue weighted by molar-refractivity contribution is 0.0692. The molecule has 0 saturated carbocycles. The third-order valence-electron chi connectivity index (χ3n) is 3.97. The first kappa shape index (κ1) is 18.0. The Morgan fingerprint density at radius 3 is 2.88 bits per heavy atom. The molecule has 0 amide bonds. The van der Waals surface area contributed by atoms with E-state index in [9.17, 15) is 18.3 Å². The van der Waals surface area contributed by atoms with Crippen molar-refractivity contribution in [3.63, 3.8) is 0 Å². The number of hydrogen-bond donors (Lipinski definition) is 2. The van der Waals surface area contributed by atoms with Gasteiger partial charge in [-0.2, -0.15) is 9.29 Å². The molecule has 0 saturated heterocycles. The van der Waals surface area contributed by atoms with Crippen molar-refractivity contribution < 1.29 is 22.8 Å². The second-order valence-corrected chi connectivity index (χ2v) is 9.05. The third kappa shape index (κ3) is 3.45. The monoisotopic (exact) mass is 386 g/mol. The maximum Gasteiger partial charge on any atom is 0.338 e. The number of sulfonamides is 1. The van der Waals surface area contributed by atoms with Crippen LogP contribution in [0.5, 0.6) is 0 Å². The van der Waals surface area contributed by atoms with Gasteiger partial charge in [0, 0.05) is 38.4 Å². The minimum absolute atomic E-state index is 0.0937. The van der Waals surface area contributed by atoms with Gasteiger partial charge in [0.15, 0.2) is 5.82 Å². The molecule has 0 unspecified atom stereocenters. The molecule has 1 aliphatic heterocycles. The lowest BCUT2D eigenvalue weighted by Gasteiger charge is -2.16. The molecule has 0 aliphatic carbocycles. The topological polar surface area (TPSA) is 126 Å². The molecule has 0 fully saturated rings. The highest BCUT2D eigenvalue weighted by Crippen LogP contribution is 2.35. The summed E-state index contributed by atoms with van der Waals surface area (Å²) in [7, 11) is -2.49. The number of hydrogen-bond acceptors (Lipinski definition) is 8. The maximum atomic E-state index is 12.9. The van der Waals surface area contributed by atoms with E-state index in [1.54, 1.807) is 6.92 Å². The van der Waals surface area contributed by atoms with Crippen LogP contribution < -0.4 is 5.32 Å². The Morgan fingerprint density at radius 1 is 1.48 bits per heavy atom. The number of aromatic carboxylic acids is 1. The Kier molecular flexibility index (Phi) is 4.91. The largest absolute Gasteiger partial charge is 0.478 e. The van der Waals surface area contributed by atoms with Gasteiger partial charge in [0.2, 0.25) is 5.89 Å². The van der Waals surface area contributed by atoms with Gasteiger partial charge >= 0.3 is 5.97 Å². The quantitative estimate of drug-likeness (QED) is 0.741. The summed E-state index contributed by atoms with van der Waals surface area (Å²) in [6.07, 6.45) is 0.789. The molecule has 2 N–H and O–H groups in total. The number of fused-ring (bicyclic) bond motifs is 1. The minimum Gasteiger partial charge on any atom is -0.478 e. The lowest BCUT2D eigenvalue weighted by Crippen LogP contribution is -2.30. The van der Waals surface area contributed by atoms with E-state index in [-0.39, 0.29) is 22.7 Å². The number of carboxylic acids is 1. The summed E-state index contributed by atoms with van der Waals surface area (Å²) in [6.45, 7) is 2.90. The molecule has 2 aromatic rings. The fraction of sp³-hybridized carbons (Fsp3) is 0.500. The number of likely N-dealkylation sites (N-methyl/N-ethyl adjacent to an activating group) is 1. The molecule has 11 heteroatoms. The van der Waals surface area contributed by atoms with Crippen molar-refractivity contribution in [3.8, 4) is 0 Å². The molecule has 9 nitrogen and oxygen atoms in total. The number of aromatic nitrogens is 2. The van der Waals surface area contributed by atoms with Crippen LogP contribution in [0, 0.1) is 6.92 Å². The van der Waals surface area contributed by atoms with E-state index in [1.165, 1.54) is 7.05 Å². The number of aryl methyl sites for hydroxylation is 1. The Labute approximate surface area is 148 Å². The predicted octanol–water partition coefficient (Wildman–Crippen LogP) is 0.647. The molecule has 0 radical (unpaired) electrons. The molecule has 136 valence electrons. The van der Waals surface area contributed by atoms with Crippen molar-refractivity contribution in [1.29, 1.82) is 0 Å². The predicted molar refractivity (Wildman–Crippen MR) is 89.2 cm³/mol. The smallest absolute Gasteiger partial charge is 0.338 e. The van der Waals surface area contributed by atoms with Gasteiger partial charge in [-0.25, -0.2) is 13.2 Å². The first-order valence-corrected chi connectivity index (χ1v) is 9.90. The van der Waals surface area contributed by atoms with E-state index in [1.807, 2.05) is 0 Å². The van der Waals surface area contributed by atoms with E-state index >= 15 is 0 Å².